The van der Waals surface area contributed by atoms with Crippen LogP contribution in [0.25, 0.3) is 0 Å². The van der Waals surface area contributed by atoms with E-state index in [0.29, 0.717) is 12.8 Å². The molecule has 0 aromatic heterocycles. The third-order valence-corrected chi connectivity index (χ3v) is 4.86. The van der Waals surface area contributed by atoms with Crippen LogP contribution in [-0.2, 0) is 22.4 Å². The summed E-state index contributed by atoms with van der Waals surface area (Å²) in [5.74, 6) is 1.11. The number of methoxy groups -OCH3 is 1. The molecule has 0 radical (unpaired) electrons. The quantitative estimate of drug-likeness (QED) is 0.783. The Hall–Kier alpha value is -1.55. The number of halogens is 1. The molecule has 1 fully saturated rings. The van der Waals surface area contributed by atoms with Gasteiger partial charge in [0.05, 0.1) is 13.2 Å². The second-order valence-corrected chi connectivity index (χ2v) is 6.38. The standard InChI is InChI=1S/C17H20ClNO3/c1-22-15-10-13-11(9-12(15)3-2-4-16(18)20)7-8-19-14(13)5-6-17(19)21/h9-10,14H,2-8H2,1H3. The molecule has 2 heterocycles. The number of carbonyl (C=O) groups excluding carboxylic acids is 2. The molecule has 0 bridgehead atoms. The highest BCUT2D eigenvalue weighted by Crippen LogP contribution is 2.41. The topological polar surface area (TPSA) is 46.6 Å². The van der Waals surface area contributed by atoms with Gasteiger partial charge >= 0.3 is 0 Å². The Morgan fingerprint density at radius 1 is 1.41 bits per heavy atom. The Kier molecular flexibility index (Phi) is 4.39. The molecule has 5 heteroatoms. The van der Waals surface area contributed by atoms with Gasteiger partial charge in [0.15, 0.2) is 0 Å². The van der Waals surface area contributed by atoms with Crippen molar-refractivity contribution in [1.82, 2.24) is 4.90 Å². The van der Waals surface area contributed by atoms with E-state index >= 15 is 0 Å². The van der Waals surface area contributed by atoms with Crippen molar-refractivity contribution in [3.05, 3.63) is 28.8 Å². The lowest BCUT2D eigenvalue weighted by atomic mass is 9.89. The average Bonchev–Trinajstić information content (AvgIpc) is 2.88. The van der Waals surface area contributed by atoms with Crippen LogP contribution in [0.5, 0.6) is 5.75 Å². The molecule has 0 N–H and O–H groups in total. The summed E-state index contributed by atoms with van der Waals surface area (Å²) in [6.45, 7) is 0.808. The first-order valence-electron chi connectivity index (χ1n) is 7.77. The summed E-state index contributed by atoms with van der Waals surface area (Å²) in [6.07, 6.45) is 4.32. The van der Waals surface area contributed by atoms with E-state index < -0.39 is 0 Å². The van der Waals surface area contributed by atoms with Crippen molar-refractivity contribution < 1.29 is 14.3 Å². The molecule has 0 aliphatic carbocycles. The van der Waals surface area contributed by atoms with Crippen LogP contribution in [0.3, 0.4) is 0 Å². The average molecular weight is 322 g/mol. The van der Waals surface area contributed by atoms with Gasteiger partial charge in [0.25, 0.3) is 0 Å². The summed E-state index contributed by atoms with van der Waals surface area (Å²) in [5, 5.41) is -0.294. The molecule has 1 atom stereocenters. The van der Waals surface area contributed by atoms with Crippen LogP contribution in [0.15, 0.2) is 12.1 Å². The number of carbonyl (C=O) groups is 2. The lowest BCUT2D eigenvalue weighted by Gasteiger charge is -2.32. The van der Waals surface area contributed by atoms with Crippen LogP contribution in [0.1, 0.15) is 48.4 Å². The molecule has 1 saturated heterocycles. The van der Waals surface area contributed by atoms with Gasteiger partial charge in [0.2, 0.25) is 11.1 Å². The first-order valence-corrected chi connectivity index (χ1v) is 8.15. The maximum atomic E-state index is 11.9. The fraction of sp³-hybridized carbons (Fsp3) is 0.529. The molecule has 4 nitrogen and oxygen atoms in total. The minimum Gasteiger partial charge on any atom is -0.496 e. The van der Waals surface area contributed by atoms with Crippen molar-refractivity contribution in [3.63, 3.8) is 0 Å². The number of aryl methyl sites for hydroxylation is 1. The lowest BCUT2D eigenvalue weighted by molar-refractivity contribution is -0.129. The maximum Gasteiger partial charge on any atom is 0.223 e. The molecule has 22 heavy (non-hydrogen) atoms. The minimum absolute atomic E-state index is 0.212. The number of rotatable bonds is 5. The molecular weight excluding hydrogens is 302 g/mol. The van der Waals surface area contributed by atoms with Crippen LogP contribution >= 0.6 is 11.6 Å². The normalized spacial score (nSPS) is 19.8. The molecule has 3 rings (SSSR count). The second kappa shape index (κ2) is 6.29. The molecular formula is C17H20ClNO3. The first kappa shape index (κ1) is 15.3. The molecule has 118 valence electrons. The van der Waals surface area contributed by atoms with Crippen LogP contribution in [0.4, 0.5) is 0 Å². The van der Waals surface area contributed by atoms with Crippen molar-refractivity contribution in [2.45, 2.75) is 44.6 Å². The predicted octanol–water partition coefficient (Wildman–Crippen LogP) is 3.00. The predicted molar refractivity (Wildman–Crippen MR) is 84.2 cm³/mol. The minimum atomic E-state index is -0.294. The Morgan fingerprint density at radius 3 is 2.95 bits per heavy atom. The van der Waals surface area contributed by atoms with E-state index in [-0.39, 0.29) is 17.2 Å². The van der Waals surface area contributed by atoms with Crippen molar-refractivity contribution in [2.24, 2.45) is 0 Å². The summed E-state index contributed by atoms with van der Waals surface area (Å²) < 4.78 is 5.52. The fourth-order valence-electron chi connectivity index (χ4n) is 3.60. The van der Waals surface area contributed by atoms with Gasteiger partial charge in [-0.15, -0.1) is 0 Å². The van der Waals surface area contributed by atoms with Gasteiger partial charge in [-0.25, -0.2) is 0 Å². The monoisotopic (exact) mass is 321 g/mol. The number of hydrogen-bond donors (Lipinski definition) is 0. The molecule has 1 aromatic rings. The van der Waals surface area contributed by atoms with E-state index in [1.54, 1.807) is 7.11 Å². The number of hydrogen-bond acceptors (Lipinski definition) is 3. The van der Waals surface area contributed by atoms with Crippen LogP contribution < -0.4 is 4.74 Å². The van der Waals surface area contributed by atoms with Gasteiger partial charge < -0.3 is 9.64 Å². The molecule has 0 spiro atoms. The van der Waals surface area contributed by atoms with Crippen LogP contribution in [0, 0.1) is 0 Å². The van der Waals surface area contributed by atoms with Gasteiger partial charge in [0, 0.05) is 19.4 Å². The zero-order chi connectivity index (χ0) is 15.7. The molecule has 2 aliphatic rings. The van der Waals surface area contributed by atoms with Gasteiger partial charge in [-0.2, -0.15) is 0 Å². The summed E-state index contributed by atoms with van der Waals surface area (Å²) in [6, 6.07) is 4.49. The van der Waals surface area contributed by atoms with Crippen molar-refractivity contribution in [1.29, 1.82) is 0 Å². The number of fused-ring (bicyclic) bond motifs is 3. The summed E-state index contributed by atoms with van der Waals surface area (Å²) >= 11 is 5.40. The van der Waals surface area contributed by atoms with Crippen molar-refractivity contribution >= 4 is 22.8 Å². The Labute approximate surface area is 135 Å². The zero-order valence-electron chi connectivity index (χ0n) is 12.7. The highest BCUT2D eigenvalue weighted by atomic mass is 35.5. The smallest absolute Gasteiger partial charge is 0.223 e. The van der Waals surface area contributed by atoms with Gasteiger partial charge in [-0.05, 0) is 60.0 Å². The second-order valence-electron chi connectivity index (χ2n) is 5.96. The Bertz CT molecular complexity index is 614. The van der Waals surface area contributed by atoms with E-state index in [4.69, 9.17) is 16.3 Å². The van der Waals surface area contributed by atoms with Gasteiger partial charge in [0.1, 0.15) is 5.75 Å². The van der Waals surface area contributed by atoms with E-state index in [1.165, 1.54) is 11.1 Å². The third-order valence-electron chi connectivity index (χ3n) is 4.67. The van der Waals surface area contributed by atoms with Crippen molar-refractivity contribution in [3.8, 4) is 5.75 Å². The molecule has 2 aliphatic heterocycles. The SMILES string of the molecule is COc1cc2c(cc1CCCC(=O)Cl)CCN1C(=O)CCC21. The fourth-order valence-corrected chi connectivity index (χ4v) is 3.73. The summed E-state index contributed by atoms with van der Waals surface area (Å²) in [5.41, 5.74) is 3.66. The van der Waals surface area contributed by atoms with Gasteiger partial charge in [-0.3, -0.25) is 9.59 Å². The van der Waals surface area contributed by atoms with Crippen LogP contribution in [0.2, 0.25) is 0 Å². The maximum absolute atomic E-state index is 11.9. The Morgan fingerprint density at radius 2 is 2.23 bits per heavy atom. The highest BCUT2D eigenvalue weighted by molar-refractivity contribution is 6.63. The molecule has 1 unspecified atom stereocenters. The van der Waals surface area contributed by atoms with E-state index in [1.807, 2.05) is 4.90 Å². The lowest BCUT2D eigenvalue weighted by Crippen LogP contribution is -2.34. The van der Waals surface area contributed by atoms with E-state index in [0.717, 1.165) is 43.5 Å². The number of amides is 1. The first-order chi connectivity index (χ1) is 10.6. The molecule has 1 amide bonds. The zero-order valence-corrected chi connectivity index (χ0v) is 13.5. The third kappa shape index (κ3) is 2.84. The van der Waals surface area contributed by atoms with Crippen molar-refractivity contribution in [2.75, 3.05) is 13.7 Å². The Balaban J connectivity index is 1.86. The largest absolute Gasteiger partial charge is 0.496 e. The number of benzene rings is 1. The number of ether oxygens (including phenoxy) is 1. The van der Waals surface area contributed by atoms with E-state index in [9.17, 15) is 9.59 Å². The number of nitrogens with zero attached hydrogens (tertiary/aromatic N) is 1. The summed E-state index contributed by atoms with van der Waals surface area (Å²) in [4.78, 5) is 24.8. The molecule has 0 saturated carbocycles. The van der Waals surface area contributed by atoms with Gasteiger partial charge in [-0.1, -0.05) is 6.07 Å². The van der Waals surface area contributed by atoms with Crippen LogP contribution in [-0.4, -0.2) is 29.7 Å². The highest BCUT2D eigenvalue weighted by Gasteiger charge is 2.36. The molecule has 1 aromatic carbocycles. The summed E-state index contributed by atoms with van der Waals surface area (Å²) in [7, 11) is 1.67. The van der Waals surface area contributed by atoms with E-state index in [2.05, 4.69) is 12.1 Å².